The van der Waals surface area contributed by atoms with Gasteiger partial charge in [0.05, 0.1) is 29.5 Å². The van der Waals surface area contributed by atoms with Crippen LogP contribution in [0, 0.1) is 23.7 Å². The Morgan fingerprint density at radius 1 is 0.698 bits per heavy atom. The van der Waals surface area contributed by atoms with Crippen molar-refractivity contribution in [3.8, 4) is 0 Å². The highest BCUT2D eigenvalue weighted by atomic mass is 35.7. The zero-order chi connectivity index (χ0) is 44.5. The van der Waals surface area contributed by atoms with Crippen molar-refractivity contribution in [1.82, 2.24) is 29.1 Å². The van der Waals surface area contributed by atoms with Gasteiger partial charge in [-0.1, -0.05) is 62.4 Å². The Bertz CT molecular complexity index is 2780. The average molecular weight is 920 g/mol. The van der Waals surface area contributed by atoms with E-state index < -0.39 is 19.5 Å². The molecule has 4 aromatic heterocycles. The third kappa shape index (κ3) is 10.5. The summed E-state index contributed by atoms with van der Waals surface area (Å²) in [6, 6.07) is 22.6. The molecule has 2 aromatic carbocycles. The topological polar surface area (TPSA) is 235 Å². The van der Waals surface area contributed by atoms with Gasteiger partial charge in [-0.15, -0.1) is 0 Å². The highest BCUT2D eigenvalue weighted by Gasteiger charge is 2.35. The first-order chi connectivity index (χ1) is 30.1. The van der Waals surface area contributed by atoms with Crippen molar-refractivity contribution in [2.24, 2.45) is 33.9 Å². The van der Waals surface area contributed by atoms with Crippen molar-refractivity contribution in [2.45, 2.75) is 89.4 Å². The summed E-state index contributed by atoms with van der Waals surface area (Å²) in [6.45, 7) is 4.77. The molecular formula is C44H55ClN10O6S2. The van der Waals surface area contributed by atoms with E-state index in [0.29, 0.717) is 29.8 Å². The number of halogens is 1. The lowest BCUT2D eigenvalue weighted by atomic mass is 10.00. The van der Waals surface area contributed by atoms with Gasteiger partial charge in [-0.05, 0) is 109 Å². The highest BCUT2D eigenvalue weighted by molar-refractivity contribution is 8.11. The molecule has 0 saturated heterocycles. The van der Waals surface area contributed by atoms with Crippen molar-refractivity contribution in [1.29, 1.82) is 0 Å². The zero-order valence-corrected chi connectivity index (χ0v) is 37.7. The Morgan fingerprint density at radius 2 is 1.14 bits per heavy atom. The quantitative estimate of drug-likeness (QED) is 0.0885. The number of fused-ring (bicyclic) bond motifs is 4. The molecule has 63 heavy (non-hydrogen) atoms. The van der Waals surface area contributed by atoms with Crippen LogP contribution in [0.5, 0.6) is 0 Å². The van der Waals surface area contributed by atoms with Crippen molar-refractivity contribution >= 4 is 63.9 Å². The van der Waals surface area contributed by atoms with E-state index in [1.54, 1.807) is 12.7 Å². The van der Waals surface area contributed by atoms with Crippen molar-refractivity contribution in [3.05, 3.63) is 108 Å². The SMILES string of the molecule is CC1C[C@H](n2ccc3c(NC4CCc5ccccc54)ncnc32)C[C@H]1CO.CC1C[C@H](n2ccc3c(NC4CCc5ccccc54)ncnc32)C[C@H]1COS(N)(=O)=O.NS(=O)(=O)Cl. The lowest BCUT2D eigenvalue weighted by molar-refractivity contribution is 0.200. The molecule has 7 N–H and O–H groups in total. The molecule has 336 valence electrons. The fraction of sp³-hybridized carbons (Fsp3) is 0.455. The summed E-state index contributed by atoms with van der Waals surface area (Å²) in [4.78, 5) is 18.2. The zero-order valence-electron chi connectivity index (χ0n) is 35.3. The van der Waals surface area contributed by atoms with E-state index in [4.69, 9.17) is 9.32 Å². The molecule has 0 amide bonds. The van der Waals surface area contributed by atoms with E-state index >= 15 is 0 Å². The van der Waals surface area contributed by atoms with Crippen LogP contribution in [0.1, 0.15) is 98.8 Å². The Morgan fingerprint density at radius 3 is 1.59 bits per heavy atom. The molecule has 4 unspecified atom stereocenters. The third-order valence-corrected chi connectivity index (χ3v) is 13.9. The smallest absolute Gasteiger partial charge is 0.333 e. The Hall–Kier alpha value is -4.69. The summed E-state index contributed by atoms with van der Waals surface area (Å²) in [7, 11) is -3.33. The van der Waals surface area contributed by atoms with Gasteiger partial charge in [0.15, 0.2) is 0 Å². The van der Waals surface area contributed by atoms with Gasteiger partial charge in [0, 0.05) is 41.8 Å². The van der Waals surface area contributed by atoms with Gasteiger partial charge >= 0.3 is 10.3 Å². The number of aliphatic hydroxyl groups is 1. The number of aliphatic hydroxyl groups excluding tert-OH is 1. The third-order valence-electron chi connectivity index (χ3n) is 13.4. The minimum absolute atomic E-state index is 0.124. The predicted molar refractivity (Wildman–Crippen MR) is 244 cm³/mol. The monoisotopic (exact) mass is 918 g/mol. The standard InChI is InChI=1S/C22H27N5O3S.C22H26N4O.ClH2NO2S/c1-14-10-17(11-16(14)12-30-31(23,28)29)27-9-8-19-21(24-13-25-22(19)27)26-20-7-6-15-4-2-3-5-18(15)20;1-14-10-17(11-16(14)12-27)26-9-8-19-21(23-13-24-22(19)26)25-20-7-6-15-4-2-3-5-18(15)20;1-5(2,3)4/h2-5,8-9,13-14,16-17,20H,6-7,10-12H2,1H3,(H2,23,28,29)(H,24,25,26);2-5,8-9,13-14,16-17,20,27H,6-7,10-12H2,1H3,(H,23,24,25);(H2,2,3,4)/t2*14?,16-,17-,20?;/m00./s1. The Kier molecular flexibility index (Phi) is 13.4. The first-order valence-corrected chi connectivity index (χ1v) is 25.3. The van der Waals surface area contributed by atoms with Crippen LogP contribution >= 0.6 is 10.7 Å². The number of rotatable bonds is 10. The van der Waals surface area contributed by atoms with Crippen LogP contribution in [-0.4, -0.2) is 64.2 Å². The number of nitrogens with zero attached hydrogens (tertiary/aromatic N) is 6. The summed E-state index contributed by atoms with van der Waals surface area (Å²) in [5.74, 6) is 3.18. The van der Waals surface area contributed by atoms with Gasteiger partial charge in [0.2, 0.25) is 0 Å². The summed E-state index contributed by atoms with van der Waals surface area (Å²) in [5, 5.41) is 28.1. The van der Waals surface area contributed by atoms with E-state index in [1.807, 2.05) is 0 Å². The normalized spacial score (nSPS) is 25.2. The minimum Gasteiger partial charge on any atom is -0.396 e. The molecule has 6 aromatic rings. The second-order valence-corrected chi connectivity index (χ2v) is 20.9. The molecule has 0 aliphatic heterocycles. The first kappa shape index (κ1) is 44.9. The van der Waals surface area contributed by atoms with Crippen LogP contribution in [-0.2, 0) is 36.6 Å². The number of hydrogen-bond acceptors (Lipinski definition) is 12. The maximum absolute atomic E-state index is 11.2. The van der Waals surface area contributed by atoms with E-state index in [2.05, 4.69) is 142 Å². The van der Waals surface area contributed by atoms with Crippen LogP contribution in [0.3, 0.4) is 0 Å². The van der Waals surface area contributed by atoms with Crippen LogP contribution in [0.25, 0.3) is 22.1 Å². The first-order valence-electron chi connectivity index (χ1n) is 21.5. The van der Waals surface area contributed by atoms with Gasteiger partial charge in [-0.2, -0.15) is 16.8 Å². The molecule has 2 fully saturated rings. The second kappa shape index (κ2) is 18.8. The van der Waals surface area contributed by atoms with Crippen molar-refractivity contribution in [3.63, 3.8) is 0 Å². The molecular weight excluding hydrogens is 864 g/mol. The lowest BCUT2D eigenvalue weighted by Crippen LogP contribution is -2.21. The summed E-state index contributed by atoms with van der Waals surface area (Å²) < 4.78 is 50.0. The van der Waals surface area contributed by atoms with Gasteiger partial charge < -0.3 is 24.9 Å². The van der Waals surface area contributed by atoms with Gasteiger partial charge in [-0.3, -0.25) is 4.18 Å². The number of hydrogen-bond donors (Lipinski definition) is 5. The van der Waals surface area contributed by atoms with Crippen LogP contribution in [0.4, 0.5) is 11.6 Å². The number of aromatic nitrogens is 6. The maximum atomic E-state index is 11.2. The van der Waals surface area contributed by atoms with E-state index in [1.165, 1.54) is 22.3 Å². The van der Waals surface area contributed by atoms with Gasteiger partial charge in [0.1, 0.15) is 35.6 Å². The molecule has 4 aliphatic rings. The molecule has 10 rings (SSSR count). The highest BCUT2D eigenvalue weighted by Crippen LogP contribution is 2.43. The largest absolute Gasteiger partial charge is 0.396 e. The molecule has 4 aliphatic carbocycles. The summed E-state index contributed by atoms with van der Waals surface area (Å²) in [5.41, 5.74) is 7.46. The van der Waals surface area contributed by atoms with Crippen molar-refractivity contribution < 1.29 is 26.1 Å². The van der Waals surface area contributed by atoms with Crippen LogP contribution in [0.2, 0.25) is 0 Å². The van der Waals surface area contributed by atoms with E-state index in [0.717, 1.165) is 85.1 Å². The summed E-state index contributed by atoms with van der Waals surface area (Å²) in [6.07, 6.45) is 15.7. The maximum Gasteiger partial charge on any atom is 0.333 e. The molecule has 4 heterocycles. The molecule has 0 bridgehead atoms. The Labute approximate surface area is 372 Å². The number of benzene rings is 2. The van der Waals surface area contributed by atoms with E-state index in [-0.39, 0.29) is 31.2 Å². The molecule has 16 nitrogen and oxygen atoms in total. The molecule has 2 saturated carbocycles. The van der Waals surface area contributed by atoms with Gasteiger partial charge in [-0.25, -0.2) is 30.2 Å². The number of nitrogens with two attached hydrogens (primary N) is 2. The molecule has 0 radical (unpaired) electrons. The Balaban J connectivity index is 0.000000157. The number of nitrogens with one attached hydrogen (secondary N) is 2. The van der Waals surface area contributed by atoms with E-state index in [9.17, 15) is 21.9 Å². The molecule has 8 atom stereocenters. The fourth-order valence-corrected chi connectivity index (χ4v) is 10.6. The summed E-state index contributed by atoms with van der Waals surface area (Å²) >= 11 is 0. The van der Waals surface area contributed by atoms with Crippen molar-refractivity contribution in [2.75, 3.05) is 23.8 Å². The lowest BCUT2D eigenvalue weighted by Gasteiger charge is -2.17. The number of anilines is 2. The van der Waals surface area contributed by atoms with Gasteiger partial charge in [0.25, 0.3) is 9.24 Å². The second-order valence-electron chi connectivity index (χ2n) is 17.4. The fourth-order valence-electron chi connectivity index (χ4n) is 10.2. The van der Waals surface area contributed by atoms with Crippen LogP contribution in [0.15, 0.2) is 85.7 Å². The molecule has 19 heteroatoms. The van der Waals surface area contributed by atoms with Crippen LogP contribution < -0.4 is 20.9 Å². The predicted octanol–water partition coefficient (Wildman–Crippen LogP) is 6.88. The number of aryl methyl sites for hydroxylation is 2. The molecule has 0 spiro atoms. The average Bonchev–Trinajstić information content (AvgIpc) is 4.11. The minimum atomic E-state index is -3.92.